The molecule has 0 amide bonds. The molecule has 0 rings (SSSR count). The number of hydrogen-bond acceptors (Lipinski definition) is 2. The third kappa shape index (κ3) is 6.50. The highest BCUT2D eigenvalue weighted by molar-refractivity contribution is 6.44. The first kappa shape index (κ1) is 7.50. The lowest BCUT2D eigenvalue weighted by molar-refractivity contribution is 0.670. The van der Waals surface area contributed by atoms with Crippen LogP contribution in [0.3, 0.4) is 0 Å². The van der Waals surface area contributed by atoms with Gasteiger partial charge in [0.15, 0.2) is 0 Å². The van der Waals surface area contributed by atoms with E-state index >= 15 is 0 Å². The molecule has 0 fully saturated rings. The molecule has 4 N–H and O–H groups in total. The Bertz CT molecular complexity index is 40.2. The van der Waals surface area contributed by atoms with Crippen LogP contribution >= 0.6 is 23.2 Å². The molecule has 0 radical (unpaired) electrons. The smallest absolute Gasteiger partial charge is 0.110 e. The highest BCUT2D eigenvalue weighted by Gasteiger charge is 2.00. The van der Waals surface area contributed by atoms with Gasteiger partial charge in [-0.3, -0.25) is 0 Å². The van der Waals surface area contributed by atoms with E-state index in [1.807, 2.05) is 0 Å². The largest absolute Gasteiger partial charge is 0.316 e. The van der Waals surface area contributed by atoms with Crippen molar-refractivity contribution < 1.29 is 0 Å². The van der Waals surface area contributed by atoms with Crippen LogP contribution in [0.1, 0.15) is 6.42 Å². The van der Waals surface area contributed by atoms with Gasteiger partial charge in [0.1, 0.15) is 4.84 Å². The lowest BCUT2D eigenvalue weighted by atomic mass is 10.4. The van der Waals surface area contributed by atoms with E-state index in [1.54, 1.807) is 0 Å². The monoisotopic (exact) mass is 142 g/mol. The summed E-state index contributed by atoms with van der Waals surface area (Å²) >= 11 is 10.6. The zero-order valence-corrected chi connectivity index (χ0v) is 5.28. The molecule has 0 aromatic heterocycles. The van der Waals surface area contributed by atoms with Crippen molar-refractivity contribution in [1.29, 1.82) is 0 Å². The van der Waals surface area contributed by atoms with Gasteiger partial charge in [-0.2, -0.15) is 0 Å². The molecular weight excluding hydrogens is 135 g/mol. The third-order valence-corrected chi connectivity index (χ3v) is 0.807. The van der Waals surface area contributed by atoms with Crippen molar-refractivity contribution in [2.45, 2.75) is 17.4 Å². The molecule has 0 saturated carbocycles. The van der Waals surface area contributed by atoms with Gasteiger partial charge in [-0.05, 0) is 0 Å². The minimum Gasteiger partial charge on any atom is -0.316 e. The van der Waals surface area contributed by atoms with Crippen LogP contribution in [0, 0.1) is 0 Å². The summed E-state index contributed by atoms with van der Waals surface area (Å²) in [5, 5.41) is 0. The third-order valence-electron chi connectivity index (χ3n) is 0.450. The Morgan fingerprint density at radius 1 is 1.29 bits per heavy atom. The average Bonchev–Trinajstić information content (AvgIpc) is 1.27. The topological polar surface area (TPSA) is 52.0 Å². The van der Waals surface area contributed by atoms with E-state index in [0.29, 0.717) is 6.42 Å². The highest BCUT2D eigenvalue weighted by Crippen LogP contribution is 2.05. The van der Waals surface area contributed by atoms with Crippen LogP contribution in [-0.2, 0) is 0 Å². The van der Waals surface area contributed by atoms with Crippen molar-refractivity contribution in [3.8, 4) is 0 Å². The molecule has 7 heavy (non-hydrogen) atoms. The molecule has 0 atom stereocenters. The molecule has 44 valence electrons. The lowest BCUT2D eigenvalue weighted by Gasteiger charge is -2.02. The average molecular weight is 143 g/mol. The molecule has 2 nitrogen and oxygen atoms in total. The second-order valence-corrected chi connectivity index (χ2v) is 2.57. The molecular formula is C3H8Cl2N2. The number of nitrogens with two attached hydrogens (primary N) is 2. The van der Waals surface area contributed by atoms with Crippen molar-refractivity contribution >= 4 is 23.2 Å². The molecule has 0 saturated heterocycles. The minimum atomic E-state index is -0.431. The Balaban J connectivity index is 2.95. The second-order valence-electron chi connectivity index (χ2n) is 1.29. The second kappa shape index (κ2) is 3.50. The molecule has 0 bridgehead atoms. The molecule has 0 spiro atoms. The van der Waals surface area contributed by atoms with Crippen LogP contribution < -0.4 is 11.5 Å². The van der Waals surface area contributed by atoms with E-state index in [1.165, 1.54) is 0 Å². The lowest BCUT2D eigenvalue weighted by Crippen LogP contribution is -2.31. The van der Waals surface area contributed by atoms with Gasteiger partial charge in [-0.1, -0.05) is 0 Å². The molecule has 4 heteroatoms. The standard InChI is InChI=1S/C3H8Cl2N2/c4-2(5)1-3(6)7/h2-3H,1,6-7H2. The fraction of sp³-hybridized carbons (Fsp3) is 1.00. The Hall–Kier alpha value is 0.500. The van der Waals surface area contributed by atoms with Gasteiger partial charge in [0.2, 0.25) is 0 Å². The SMILES string of the molecule is NC(N)CC(Cl)Cl. The Morgan fingerprint density at radius 2 is 1.71 bits per heavy atom. The summed E-state index contributed by atoms with van der Waals surface area (Å²) in [5.41, 5.74) is 10.2. The van der Waals surface area contributed by atoms with Crippen molar-refractivity contribution in [3.63, 3.8) is 0 Å². The first-order valence-corrected chi connectivity index (χ1v) is 2.79. The van der Waals surface area contributed by atoms with Crippen molar-refractivity contribution in [3.05, 3.63) is 0 Å². The van der Waals surface area contributed by atoms with Crippen molar-refractivity contribution in [2.24, 2.45) is 11.5 Å². The normalized spacial score (nSPS) is 11.1. The highest BCUT2D eigenvalue weighted by atomic mass is 35.5. The predicted molar refractivity (Wildman–Crippen MR) is 32.3 cm³/mol. The maximum Gasteiger partial charge on any atom is 0.110 e. The summed E-state index contributed by atoms with van der Waals surface area (Å²) in [6.07, 6.45) is 0.0586. The summed E-state index contributed by atoms with van der Waals surface area (Å²) in [7, 11) is 0. The fourth-order valence-electron chi connectivity index (χ4n) is 0.206. The van der Waals surface area contributed by atoms with Crippen LogP contribution in [0.5, 0.6) is 0 Å². The molecule has 0 aliphatic carbocycles. The van der Waals surface area contributed by atoms with Crippen LogP contribution in [0.2, 0.25) is 0 Å². The Labute approximate surface area is 52.8 Å². The molecule has 0 heterocycles. The van der Waals surface area contributed by atoms with Gasteiger partial charge in [-0.15, -0.1) is 23.2 Å². The van der Waals surface area contributed by atoms with E-state index in [4.69, 9.17) is 34.7 Å². The molecule has 0 unspecified atom stereocenters. The van der Waals surface area contributed by atoms with E-state index in [0.717, 1.165) is 0 Å². The quantitative estimate of drug-likeness (QED) is 0.434. The minimum absolute atomic E-state index is 0.389. The Kier molecular flexibility index (Phi) is 3.75. The van der Waals surface area contributed by atoms with Gasteiger partial charge >= 0.3 is 0 Å². The van der Waals surface area contributed by atoms with E-state index in [9.17, 15) is 0 Å². The van der Waals surface area contributed by atoms with Gasteiger partial charge in [0.25, 0.3) is 0 Å². The first-order chi connectivity index (χ1) is 3.13. The molecule has 0 aromatic carbocycles. The zero-order chi connectivity index (χ0) is 5.86. The summed E-state index contributed by atoms with van der Waals surface area (Å²) in [4.78, 5) is -0.431. The van der Waals surface area contributed by atoms with E-state index in [-0.39, 0.29) is 6.17 Å². The number of halogens is 2. The summed E-state index contributed by atoms with van der Waals surface area (Å²) in [6.45, 7) is 0. The number of rotatable bonds is 2. The van der Waals surface area contributed by atoms with Gasteiger partial charge in [0, 0.05) is 6.42 Å². The summed E-state index contributed by atoms with van der Waals surface area (Å²) in [5.74, 6) is 0. The van der Waals surface area contributed by atoms with Gasteiger partial charge in [0.05, 0.1) is 6.17 Å². The molecule has 0 aromatic rings. The van der Waals surface area contributed by atoms with E-state index < -0.39 is 4.84 Å². The number of alkyl halides is 2. The maximum absolute atomic E-state index is 5.28. The summed E-state index contributed by atoms with van der Waals surface area (Å²) < 4.78 is 0. The van der Waals surface area contributed by atoms with Crippen molar-refractivity contribution in [2.75, 3.05) is 0 Å². The van der Waals surface area contributed by atoms with Crippen LogP contribution in [-0.4, -0.2) is 11.0 Å². The maximum atomic E-state index is 5.28. The molecule has 0 aliphatic heterocycles. The van der Waals surface area contributed by atoms with Crippen LogP contribution in [0.15, 0.2) is 0 Å². The first-order valence-electron chi connectivity index (χ1n) is 1.92. The summed E-state index contributed by atoms with van der Waals surface area (Å²) in [6, 6.07) is 0. The van der Waals surface area contributed by atoms with E-state index in [2.05, 4.69) is 0 Å². The number of hydrogen-bond donors (Lipinski definition) is 2. The van der Waals surface area contributed by atoms with Crippen molar-refractivity contribution in [1.82, 2.24) is 0 Å². The Morgan fingerprint density at radius 3 is 1.71 bits per heavy atom. The fourth-order valence-corrected chi connectivity index (χ4v) is 0.617. The van der Waals surface area contributed by atoms with Gasteiger partial charge in [-0.25, -0.2) is 0 Å². The zero-order valence-electron chi connectivity index (χ0n) is 3.77. The van der Waals surface area contributed by atoms with Crippen LogP contribution in [0.25, 0.3) is 0 Å². The molecule has 0 aliphatic rings. The van der Waals surface area contributed by atoms with Gasteiger partial charge < -0.3 is 11.5 Å². The predicted octanol–water partition coefficient (Wildman–Crippen LogP) is 0.424. The van der Waals surface area contributed by atoms with Crippen LogP contribution in [0.4, 0.5) is 0 Å².